The normalized spacial score (nSPS) is 20.5. The number of aliphatic imine (C=N–C) groups is 1. The lowest BCUT2D eigenvalue weighted by molar-refractivity contribution is -0.137. The Labute approximate surface area is 354 Å². The number of likely N-dealkylation sites (N-methyl/N-ethyl adjacent to an activating group) is 1. The fourth-order valence-corrected chi connectivity index (χ4v) is 8.58. The third-order valence-corrected chi connectivity index (χ3v) is 11.9. The molecule has 3 heterocycles. The first kappa shape index (κ1) is 43.1. The number of fused-ring (bicyclic) bond motifs is 2. The van der Waals surface area contributed by atoms with E-state index in [0.717, 1.165) is 79.9 Å². The summed E-state index contributed by atoms with van der Waals surface area (Å²) in [5, 5.41) is 7.35. The molecular formula is C48H51F3N6O4. The Kier molecular flexibility index (Phi) is 13.2. The number of aldehydes is 1. The lowest BCUT2D eigenvalue weighted by Crippen LogP contribution is -2.47. The summed E-state index contributed by atoms with van der Waals surface area (Å²) in [6, 6.07) is 20.5. The number of hydrogen-bond acceptors (Lipinski definition) is 8. The summed E-state index contributed by atoms with van der Waals surface area (Å²) in [5.41, 5.74) is 3.84. The summed E-state index contributed by atoms with van der Waals surface area (Å²) < 4.78 is 44.9. The molecule has 4 aromatic carbocycles. The van der Waals surface area contributed by atoms with Gasteiger partial charge in [-0.05, 0) is 122 Å². The molecule has 10 nitrogen and oxygen atoms in total. The van der Waals surface area contributed by atoms with Gasteiger partial charge in [-0.3, -0.25) is 29.2 Å². The molecule has 2 N–H and O–H groups in total. The molecule has 0 aromatic heterocycles. The Morgan fingerprint density at radius 3 is 2.48 bits per heavy atom. The Bertz CT molecular complexity index is 2360. The van der Waals surface area contributed by atoms with Gasteiger partial charge in [0.15, 0.2) is 0 Å². The van der Waals surface area contributed by atoms with Gasteiger partial charge in [0.2, 0.25) is 5.91 Å². The van der Waals surface area contributed by atoms with Gasteiger partial charge in [-0.2, -0.15) is 13.2 Å². The van der Waals surface area contributed by atoms with E-state index in [1.807, 2.05) is 55.3 Å². The summed E-state index contributed by atoms with van der Waals surface area (Å²) in [5.74, 6) is 1.52. The van der Waals surface area contributed by atoms with Crippen LogP contribution in [-0.4, -0.2) is 92.5 Å². The summed E-state index contributed by atoms with van der Waals surface area (Å²) >= 11 is 0. The van der Waals surface area contributed by atoms with Gasteiger partial charge in [-0.15, -0.1) is 0 Å². The van der Waals surface area contributed by atoms with Crippen LogP contribution in [0.2, 0.25) is 0 Å². The van der Waals surface area contributed by atoms with Crippen molar-refractivity contribution >= 4 is 40.3 Å². The Balaban J connectivity index is 0.873. The van der Waals surface area contributed by atoms with Crippen LogP contribution in [-0.2, 0) is 17.5 Å². The molecule has 318 valence electrons. The third kappa shape index (κ3) is 10.3. The molecule has 0 bridgehead atoms. The number of amides is 2. The number of rotatable bonds is 14. The van der Waals surface area contributed by atoms with Crippen LogP contribution in [0.3, 0.4) is 0 Å². The number of carbonyl (C=O) groups is 3. The van der Waals surface area contributed by atoms with E-state index in [1.165, 1.54) is 12.1 Å². The average Bonchev–Trinajstić information content (AvgIpc) is 3.81. The fourth-order valence-electron chi connectivity index (χ4n) is 8.58. The van der Waals surface area contributed by atoms with Crippen molar-refractivity contribution in [3.8, 4) is 11.5 Å². The van der Waals surface area contributed by atoms with Gasteiger partial charge in [0.25, 0.3) is 5.91 Å². The van der Waals surface area contributed by atoms with Gasteiger partial charge in [0.05, 0.1) is 23.4 Å². The molecule has 13 heteroatoms. The minimum absolute atomic E-state index is 0.0455. The molecule has 7 rings (SSSR count). The molecule has 0 saturated carbocycles. The van der Waals surface area contributed by atoms with Crippen LogP contribution < -0.4 is 20.3 Å². The Morgan fingerprint density at radius 2 is 1.79 bits per heavy atom. The zero-order valence-corrected chi connectivity index (χ0v) is 34.6. The van der Waals surface area contributed by atoms with Crippen molar-refractivity contribution in [2.24, 2.45) is 16.8 Å². The lowest BCUT2D eigenvalue weighted by Gasteiger charge is -2.31. The average molecular weight is 833 g/mol. The van der Waals surface area contributed by atoms with Crippen LogP contribution in [0.5, 0.6) is 11.5 Å². The number of piperidine rings is 1. The summed E-state index contributed by atoms with van der Waals surface area (Å²) in [6.45, 7) is 11.0. The van der Waals surface area contributed by atoms with Crippen LogP contribution in [0.15, 0.2) is 120 Å². The minimum atomic E-state index is -4.43. The van der Waals surface area contributed by atoms with E-state index in [1.54, 1.807) is 37.4 Å². The standard InChI is InChI=1S/C48H51F3N6O4/c1-31-12-21-44(47(60)53-31)55(4)25-36-24-40(17-13-35(36)30-58)57-28-37-26-56(27-38(37)29-57)22-7-5-6-10-43(52-3)32(2)54-46(59)34-14-20-42-33(23-34)9-8-11-45(42)61-41-18-15-39(16-19-41)48(49,50)51/h5-11,13-20,23-24,30,32,37-38,44H,1,12,21-22,25-29H2,2-4H3,(H,53,60)(H,54,59)/b7-5+,10-6-,52-43?. The van der Waals surface area contributed by atoms with E-state index >= 15 is 0 Å². The number of alkyl halides is 3. The molecule has 0 aliphatic carbocycles. The van der Waals surface area contributed by atoms with E-state index in [2.05, 4.69) is 44.1 Å². The summed E-state index contributed by atoms with van der Waals surface area (Å²) in [4.78, 5) is 49.1. The monoisotopic (exact) mass is 832 g/mol. The largest absolute Gasteiger partial charge is 0.457 e. The topological polar surface area (TPSA) is 107 Å². The lowest BCUT2D eigenvalue weighted by atomic mass is 10.0. The molecule has 3 aliphatic heterocycles. The molecular weight excluding hydrogens is 782 g/mol. The highest BCUT2D eigenvalue weighted by Gasteiger charge is 2.40. The highest BCUT2D eigenvalue weighted by Crippen LogP contribution is 2.36. The van der Waals surface area contributed by atoms with E-state index in [4.69, 9.17) is 4.74 Å². The van der Waals surface area contributed by atoms with E-state index in [9.17, 15) is 27.6 Å². The van der Waals surface area contributed by atoms with Gasteiger partial charge in [0.1, 0.15) is 17.8 Å². The molecule has 61 heavy (non-hydrogen) atoms. The molecule has 4 aromatic rings. The molecule has 2 amide bonds. The number of anilines is 1. The predicted molar refractivity (Wildman–Crippen MR) is 233 cm³/mol. The van der Waals surface area contributed by atoms with E-state index in [0.29, 0.717) is 52.8 Å². The first-order valence-electron chi connectivity index (χ1n) is 20.5. The molecule has 4 unspecified atom stereocenters. The van der Waals surface area contributed by atoms with Crippen molar-refractivity contribution in [2.75, 3.05) is 51.7 Å². The van der Waals surface area contributed by atoms with Crippen molar-refractivity contribution in [1.82, 2.24) is 20.4 Å². The third-order valence-electron chi connectivity index (χ3n) is 11.9. The van der Waals surface area contributed by atoms with E-state index in [-0.39, 0.29) is 29.6 Å². The molecule has 3 saturated heterocycles. The number of likely N-dealkylation sites (tertiary alicyclic amines) is 1. The number of carbonyl (C=O) groups excluding carboxylic acids is 3. The molecule has 0 spiro atoms. The first-order chi connectivity index (χ1) is 29.3. The molecule has 3 aliphatic rings. The Morgan fingerprint density at radius 1 is 1.03 bits per heavy atom. The summed E-state index contributed by atoms with van der Waals surface area (Å²) in [6.07, 6.45) is 5.90. The first-order valence-corrected chi connectivity index (χ1v) is 20.5. The smallest absolute Gasteiger partial charge is 0.416 e. The number of nitrogens with one attached hydrogen (secondary N) is 2. The van der Waals surface area contributed by atoms with Crippen LogP contribution in [0.4, 0.5) is 18.9 Å². The van der Waals surface area contributed by atoms with Gasteiger partial charge < -0.3 is 20.3 Å². The molecule has 3 fully saturated rings. The van der Waals surface area contributed by atoms with Crippen LogP contribution in [0, 0.1) is 11.8 Å². The minimum Gasteiger partial charge on any atom is -0.457 e. The second kappa shape index (κ2) is 18.7. The second-order valence-electron chi connectivity index (χ2n) is 16.2. The maximum absolute atomic E-state index is 13.3. The van der Waals surface area contributed by atoms with Crippen LogP contribution >= 0.6 is 0 Å². The molecule has 0 radical (unpaired) electrons. The highest BCUT2D eigenvalue weighted by atomic mass is 19.4. The van der Waals surface area contributed by atoms with Crippen molar-refractivity contribution in [3.05, 3.63) is 138 Å². The number of allylic oxidation sites excluding steroid dienone is 3. The zero-order valence-electron chi connectivity index (χ0n) is 34.6. The summed E-state index contributed by atoms with van der Waals surface area (Å²) in [7, 11) is 3.62. The van der Waals surface area contributed by atoms with Crippen molar-refractivity contribution in [2.45, 2.75) is 44.6 Å². The van der Waals surface area contributed by atoms with Crippen molar-refractivity contribution in [1.29, 1.82) is 0 Å². The van der Waals surface area contributed by atoms with Gasteiger partial charge >= 0.3 is 6.18 Å². The van der Waals surface area contributed by atoms with Crippen LogP contribution in [0.1, 0.15) is 51.6 Å². The Hall–Kier alpha value is -6.05. The van der Waals surface area contributed by atoms with Gasteiger partial charge in [-0.25, -0.2) is 0 Å². The number of ether oxygens (including phenoxy) is 1. The fraction of sp³-hybridized carbons (Fsp3) is 0.333. The zero-order chi connectivity index (χ0) is 43.3. The van der Waals surface area contributed by atoms with Crippen LogP contribution in [0.25, 0.3) is 10.8 Å². The number of nitrogens with zero attached hydrogens (tertiary/aromatic N) is 4. The number of hydrogen-bond donors (Lipinski definition) is 2. The number of benzene rings is 4. The van der Waals surface area contributed by atoms with E-state index < -0.39 is 11.7 Å². The maximum atomic E-state index is 13.3. The number of halogens is 3. The van der Waals surface area contributed by atoms with Crippen molar-refractivity contribution < 1.29 is 32.3 Å². The quantitative estimate of drug-likeness (QED) is 0.0753. The second-order valence-corrected chi connectivity index (χ2v) is 16.2. The highest BCUT2D eigenvalue weighted by molar-refractivity contribution is 6.05. The SMILES string of the molecule is C=C1CCC(N(C)Cc2cc(N3CC4CN(C/C=C/C=C\C(=NC)C(C)NC(=O)c5ccc6c(Oc7ccc(C(F)(F)F)cc7)cccc6c5)CC4C3)ccc2C=O)C(=O)N1. The predicted octanol–water partition coefficient (Wildman–Crippen LogP) is 8.06. The maximum Gasteiger partial charge on any atom is 0.416 e. The van der Waals surface area contributed by atoms with Gasteiger partial charge in [-0.1, -0.05) is 36.9 Å². The molecule has 4 atom stereocenters. The van der Waals surface area contributed by atoms with Crippen molar-refractivity contribution in [3.63, 3.8) is 0 Å². The van der Waals surface area contributed by atoms with Gasteiger partial charge in [0, 0.05) is 74.2 Å².